The van der Waals surface area contributed by atoms with Gasteiger partial charge in [0, 0.05) is 42.3 Å². The molecule has 1 N–H and O–H groups in total. The molecule has 0 unspecified atom stereocenters. The van der Waals surface area contributed by atoms with Crippen molar-refractivity contribution in [2.45, 2.75) is 0 Å². The maximum absolute atomic E-state index is 12.5. The van der Waals surface area contributed by atoms with Crippen molar-refractivity contribution in [2.75, 3.05) is 49.8 Å². The molecule has 0 radical (unpaired) electrons. The van der Waals surface area contributed by atoms with E-state index in [1.165, 1.54) is 16.6 Å². The molecule has 1 saturated heterocycles. The zero-order chi connectivity index (χ0) is 21.7. The molecule has 1 fully saturated rings. The van der Waals surface area contributed by atoms with Crippen LogP contribution in [0, 0.1) is 0 Å². The van der Waals surface area contributed by atoms with Crippen LogP contribution in [0.3, 0.4) is 0 Å². The summed E-state index contributed by atoms with van der Waals surface area (Å²) in [5.74, 6) is 0.408. The molecular weight excluding hydrogens is 470 g/mol. The minimum atomic E-state index is -3.19. The van der Waals surface area contributed by atoms with Crippen LogP contribution >= 0.6 is 15.9 Å². The minimum absolute atomic E-state index is 0.265. The molecule has 0 saturated carbocycles. The number of piperazine rings is 1. The van der Waals surface area contributed by atoms with Crippen LogP contribution in [0.2, 0.25) is 0 Å². The Hall–Kier alpha value is -2.36. The highest BCUT2D eigenvalue weighted by Crippen LogP contribution is 2.28. The standard InChI is InChI=1S/C21H24BrN3O4S/c1-29-20-9-8-17(22)15-16(20)7-10-21(26)23-18-5-3-4-6-19(18)24-11-13-25(14-12-24)30(2,27)28/h3-10,15H,11-14H2,1-2H3,(H,23,26)/b10-7+. The second kappa shape index (κ2) is 9.63. The van der Waals surface area contributed by atoms with Gasteiger partial charge < -0.3 is 15.0 Å². The van der Waals surface area contributed by atoms with Crippen molar-refractivity contribution < 1.29 is 17.9 Å². The van der Waals surface area contributed by atoms with Crippen LogP contribution in [-0.4, -0.2) is 58.2 Å². The highest BCUT2D eigenvalue weighted by Gasteiger charge is 2.24. The maximum atomic E-state index is 12.5. The van der Waals surface area contributed by atoms with Crippen LogP contribution < -0.4 is 15.0 Å². The number of hydrogen-bond acceptors (Lipinski definition) is 5. The fraction of sp³-hybridized carbons (Fsp3) is 0.286. The molecule has 0 bridgehead atoms. The van der Waals surface area contributed by atoms with Gasteiger partial charge in [0.2, 0.25) is 15.9 Å². The summed E-state index contributed by atoms with van der Waals surface area (Å²) in [5.41, 5.74) is 2.33. The highest BCUT2D eigenvalue weighted by atomic mass is 79.9. The van der Waals surface area contributed by atoms with E-state index in [2.05, 4.69) is 26.1 Å². The number of halogens is 1. The van der Waals surface area contributed by atoms with Crippen molar-refractivity contribution in [1.29, 1.82) is 0 Å². The summed E-state index contributed by atoms with van der Waals surface area (Å²) in [7, 11) is -1.61. The van der Waals surface area contributed by atoms with Gasteiger partial charge >= 0.3 is 0 Å². The number of rotatable bonds is 6. The normalized spacial score (nSPS) is 15.4. The first-order chi connectivity index (χ1) is 14.3. The summed E-state index contributed by atoms with van der Waals surface area (Å²) >= 11 is 3.42. The van der Waals surface area contributed by atoms with Gasteiger partial charge in [-0.3, -0.25) is 4.79 Å². The average molecular weight is 494 g/mol. The van der Waals surface area contributed by atoms with Gasteiger partial charge in [-0.1, -0.05) is 28.1 Å². The van der Waals surface area contributed by atoms with Gasteiger partial charge in [0.15, 0.2) is 0 Å². The van der Waals surface area contributed by atoms with E-state index < -0.39 is 10.0 Å². The number of nitrogens with zero attached hydrogens (tertiary/aromatic N) is 2. The van der Waals surface area contributed by atoms with Crippen LogP contribution in [0.5, 0.6) is 5.75 Å². The largest absolute Gasteiger partial charge is 0.496 e. The number of carbonyl (C=O) groups is 1. The highest BCUT2D eigenvalue weighted by molar-refractivity contribution is 9.10. The summed E-state index contributed by atoms with van der Waals surface area (Å²) in [6, 6.07) is 13.1. The van der Waals surface area contributed by atoms with Gasteiger partial charge in [-0.15, -0.1) is 0 Å². The first-order valence-electron chi connectivity index (χ1n) is 9.39. The Bertz CT molecular complexity index is 1050. The number of amides is 1. The first-order valence-corrected chi connectivity index (χ1v) is 12.0. The van der Waals surface area contributed by atoms with E-state index in [4.69, 9.17) is 4.74 Å². The number of nitrogens with one attached hydrogen (secondary N) is 1. The Balaban J connectivity index is 1.71. The minimum Gasteiger partial charge on any atom is -0.496 e. The lowest BCUT2D eigenvalue weighted by atomic mass is 10.2. The number of benzene rings is 2. The van der Waals surface area contributed by atoms with Gasteiger partial charge in [0.25, 0.3) is 0 Å². The Kier molecular flexibility index (Phi) is 7.17. The molecule has 1 amide bonds. The van der Waals surface area contributed by atoms with Crippen molar-refractivity contribution >= 4 is 49.3 Å². The lowest BCUT2D eigenvalue weighted by Gasteiger charge is -2.35. The zero-order valence-corrected chi connectivity index (χ0v) is 19.2. The molecule has 0 aliphatic carbocycles. The Morgan fingerprint density at radius 2 is 1.83 bits per heavy atom. The molecule has 160 valence electrons. The van der Waals surface area contributed by atoms with Crippen molar-refractivity contribution in [1.82, 2.24) is 4.31 Å². The third kappa shape index (κ3) is 5.62. The Morgan fingerprint density at radius 1 is 1.13 bits per heavy atom. The smallest absolute Gasteiger partial charge is 0.248 e. The summed E-state index contributed by atoms with van der Waals surface area (Å²) in [5, 5.41) is 2.92. The van der Waals surface area contributed by atoms with E-state index in [0.717, 1.165) is 15.7 Å². The van der Waals surface area contributed by atoms with Crippen LogP contribution in [-0.2, 0) is 14.8 Å². The monoisotopic (exact) mass is 493 g/mol. The van der Waals surface area contributed by atoms with Crippen molar-refractivity contribution in [3.8, 4) is 5.75 Å². The molecule has 0 atom stereocenters. The lowest BCUT2D eigenvalue weighted by Crippen LogP contribution is -2.48. The van der Waals surface area contributed by atoms with Gasteiger partial charge in [-0.25, -0.2) is 8.42 Å². The summed E-state index contributed by atoms with van der Waals surface area (Å²) in [4.78, 5) is 14.6. The zero-order valence-electron chi connectivity index (χ0n) is 16.8. The molecule has 2 aromatic carbocycles. The van der Waals surface area contributed by atoms with Crippen molar-refractivity contribution in [3.05, 3.63) is 58.6 Å². The third-order valence-electron chi connectivity index (χ3n) is 4.82. The van der Waals surface area contributed by atoms with Gasteiger partial charge in [-0.2, -0.15) is 4.31 Å². The van der Waals surface area contributed by atoms with Crippen LogP contribution in [0.25, 0.3) is 6.08 Å². The number of methoxy groups -OCH3 is 1. The SMILES string of the molecule is COc1ccc(Br)cc1/C=C/C(=O)Nc1ccccc1N1CCN(S(C)(=O)=O)CC1. The number of ether oxygens (including phenoxy) is 1. The molecule has 7 nitrogen and oxygen atoms in total. The molecule has 0 aromatic heterocycles. The van der Waals surface area contributed by atoms with E-state index in [0.29, 0.717) is 37.6 Å². The summed E-state index contributed by atoms with van der Waals surface area (Å²) in [6.07, 6.45) is 4.39. The van der Waals surface area contributed by atoms with E-state index >= 15 is 0 Å². The third-order valence-corrected chi connectivity index (χ3v) is 6.61. The first kappa shape index (κ1) is 22.3. The Labute approximate surface area is 185 Å². The maximum Gasteiger partial charge on any atom is 0.248 e. The number of para-hydroxylation sites is 2. The fourth-order valence-electron chi connectivity index (χ4n) is 3.29. The predicted octanol–water partition coefficient (Wildman–Crippen LogP) is 3.19. The second-order valence-electron chi connectivity index (χ2n) is 6.88. The van der Waals surface area contributed by atoms with Gasteiger partial charge in [0.1, 0.15) is 5.75 Å². The second-order valence-corrected chi connectivity index (χ2v) is 9.77. The van der Waals surface area contributed by atoms with E-state index in [-0.39, 0.29) is 5.91 Å². The van der Waals surface area contributed by atoms with E-state index in [9.17, 15) is 13.2 Å². The number of anilines is 2. The number of carbonyl (C=O) groups excluding carboxylic acids is 1. The molecule has 1 aliphatic rings. The molecular formula is C21H24BrN3O4S. The van der Waals surface area contributed by atoms with Crippen molar-refractivity contribution in [2.24, 2.45) is 0 Å². The summed E-state index contributed by atoms with van der Waals surface area (Å²) in [6.45, 7) is 1.96. The lowest BCUT2D eigenvalue weighted by molar-refractivity contribution is -0.111. The number of hydrogen-bond donors (Lipinski definition) is 1. The van der Waals surface area contributed by atoms with Crippen LogP contribution in [0.4, 0.5) is 11.4 Å². The predicted molar refractivity (Wildman–Crippen MR) is 123 cm³/mol. The summed E-state index contributed by atoms with van der Waals surface area (Å²) < 4.78 is 31.1. The molecule has 2 aromatic rings. The topological polar surface area (TPSA) is 79.0 Å². The molecule has 1 heterocycles. The van der Waals surface area contributed by atoms with E-state index in [1.807, 2.05) is 42.5 Å². The quantitative estimate of drug-likeness (QED) is 0.625. The molecule has 3 rings (SSSR count). The van der Waals surface area contributed by atoms with Crippen LogP contribution in [0.1, 0.15) is 5.56 Å². The molecule has 30 heavy (non-hydrogen) atoms. The van der Waals surface area contributed by atoms with Crippen molar-refractivity contribution in [3.63, 3.8) is 0 Å². The molecule has 9 heteroatoms. The Morgan fingerprint density at radius 3 is 2.50 bits per heavy atom. The molecule has 0 spiro atoms. The van der Waals surface area contributed by atoms with Gasteiger partial charge in [0.05, 0.1) is 24.7 Å². The number of sulfonamides is 1. The van der Waals surface area contributed by atoms with Crippen LogP contribution in [0.15, 0.2) is 53.0 Å². The molecule has 1 aliphatic heterocycles. The average Bonchev–Trinajstić information content (AvgIpc) is 2.72. The van der Waals surface area contributed by atoms with E-state index in [1.54, 1.807) is 13.2 Å². The van der Waals surface area contributed by atoms with Gasteiger partial charge in [-0.05, 0) is 36.4 Å². The fourth-order valence-corrected chi connectivity index (χ4v) is 4.50.